The molecule has 0 unspecified atom stereocenters. The third-order valence-electron chi connectivity index (χ3n) is 10.8. The van der Waals surface area contributed by atoms with Crippen molar-refractivity contribution in [3.63, 3.8) is 0 Å². The number of allylic oxidation sites excluding steroid dienone is 2. The fraction of sp³-hybridized carbons (Fsp3) is 0.257. The Labute approximate surface area is 246 Å². The highest BCUT2D eigenvalue weighted by Crippen LogP contribution is 2.64. The third-order valence-corrected chi connectivity index (χ3v) is 10.8. The second kappa shape index (κ2) is 8.23. The molecule has 4 bridgehead atoms. The molecule has 208 valence electrons. The minimum atomic E-state index is -1.22. The van der Waals surface area contributed by atoms with E-state index in [1.54, 1.807) is 30.5 Å². The van der Waals surface area contributed by atoms with E-state index in [4.69, 9.17) is 0 Å². The summed E-state index contributed by atoms with van der Waals surface area (Å²) in [7, 11) is 0. The Balaban J connectivity index is 1.25. The molecule has 43 heavy (non-hydrogen) atoms. The summed E-state index contributed by atoms with van der Waals surface area (Å²) in [6, 6.07) is 24.3. The van der Waals surface area contributed by atoms with Gasteiger partial charge in [0.1, 0.15) is 6.07 Å². The van der Waals surface area contributed by atoms with Crippen LogP contribution in [-0.2, 0) is 24.6 Å². The quantitative estimate of drug-likeness (QED) is 0.272. The summed E-state index contributed by atoms with van der Waals surface area (Å²) in [5, 5.41) is 15.5. The first-order valence-corrected chi connectivity index (χ1v) is 14.6. The van der Waals surface area contributed by atoms with Crippen LogP contribution in [0.4, 0.5) is 5.69 Å². The zero-order valence-electron chi connectivity index (χ0n) is 22.8. The predicted molar refractivity (Wildman–Crippen MR) is 154 cm³/mol. The SMILES string of the molecule is N#Cc1ccccc1N1C(=O)[C@@H]2C3c4ccccc4C(/C=N\N4C(=O)[C@H]5[C@H](C4=O)[C@H]4C=C[C@H]5C4)(c4ccccc43)[C@H]2C1=O. The van der Waals surface area contributed by atoms with E-state index >= 15 is 0 Å². The molecule has 3 aromatic rings. The van der Waals surface area contributed by atoms with Crippen molar-refractivity contribution in [2.45, 2.75) is 17.8 Å². The summed E-state index contributed by atoms with van der Waals surface area (Å²) >= 11 is 0. The van der Waals surface area contributed by atoms with Crippen LogP contribution >= 0.6 is 0 Å². The van der Waals surface area contributed by atoms with Crippen LogP contribution in [0.3, 0.4) is 0 Å². The van der Waals surface area contributed by atoms with E-state index in [0.29, 0.717) is 0 Å². The van der Waals surface area contributed by atoms with Gasteiger partial charge in [0.05, 0.1) is 40.3 Å². The van der Waals surface area contributed by atoms with Crippen molar-refractivity contribution in [1.82, 2.24) is 5.01 Å². The smallest absolute Gasteiger partial charge is 0.254 e. The van der Waals surface area contributed by atoms with Crippen LogP contribution in [0.5, 0.6) is 0 Å². The number of benzene rings is 3. The fourth-order valence-electron chi connectivity index (χ4n) is 9.20. The lowest BCUT2D eigenvalue weighted by Crippen LogP contribution is -2.55. The van der Waals surface area contributed by atoms with E-state index in [0.717, 1.165) is 33.7 Å². The van der Waals surface area contributed by atoms with Gasteiger partial charge in [-0.1, -0.05) is 72.8 Å². The number of hydrogen-bond donors (Lipinski definition) is 0. The van der Waals surface area contributed by atoms with E-state index in [-0.39, 0.29) is 46.7 Å². The van der Waals surface area contributed by atoms with E-state index in [2.05, 4.69) is 11.2 Å². The number of imide groups is 2. The number of fused-ring (bicyclic) bond motifs is 5. The molecule has 4 amide bonds. The molecule has 2 heterocycles. The fourth-order valence-corrected chi connectivity index (χ4v) is 9.20. The van der Waals surface area contributed by atoms with E-state index in [1.165, 1.54) is 4.90 Å². The van der Waals surface area contributed by atoms with Crippen molar-refractivity contribution < 1.29 is 19.2 Å². The van der Waals surface area contributed by atoms with Gasteiger partial charge in [-0.2, -0.15) is 15.4 Å². The van der Waals surface area contributed by atoms with Gasteiger partial charge in [0.25, 0.3) is 11.8 Å². The van der Waals surface area contributed by atoms with Gasteiger partial charge in [-0.3, -0.25) is 19.2 Å². The number of carbonyl (C=O) groups excluding carboxylic acids is 4. The largest absolute Gasteiger partial charge is 0.274 e. The number of amides is 4. The Hall–Kier alpha value is -5.16. The van der Waals surface area contributed by atoms with Gasteiger partial charge in [0.15, 0.2) is 0 Å². The normalized spacial score (nSPS) is 34.2. The molecule has 0 radical (unpaired) electrons. The topological polar surface area (TPSA) is 111 Å². The molecule has 5 aliphatic carbocycles. The molecule has 0 aromatic heterocycles. The molecule has 10 rings (SSSR count). The lowest BCUT2D eigenvalue weighted by Gasteiger charge is -2.52. The summed E-state index contributed by atoms with van der Waals surface area (Å²) in [6.45, 7) is 0. The molecule has 3 aromatic carbocycles. The van der Waals surface area contributed by atoms with Crippen LogP contribution in [0.15, 0.2) is 90.0 Å². The second-order valence-corrected chi connectivity index (χ2v) is 12.4. The number of hydrazone groups is 1. The minimum absolute atomic E-state index is 0.0450. The van der Waals surface area contributed by atoms with E-state index < -0.39 is 35.0 Å². The molecular weight excluding hydrogens is 540 g/mol. The Morgan fingerprint density at radius 3 is 1.95 bits per heavy atom. The maximum Gasteiger partial charge on any atom is 0.254 e. The average molecular weight is 565 g/mol. The molecule has 8 heteroatoms. The lowest BCUT2D eigenvalue weighted by atomic mass is 9.47. The number of carbonyl (C=O) groups is 4. The van der Waals surface area contributed by atoms with Gasteiger partial charge in [-0.25, -0.2) is 4.90 Å². The number of anilines is 1. The van der Waals surface area contributed by atoms with Gasteiger partial charge in [-0.05, 0) is 52.6 Å². The van der Waals surface area contributed by atoms with Crippen LogP contribution in [0, 0.1) is 46.8 Å². The molecule has 6 atom stereocenters. The maximum absolute atomic E-state index is 14.6. The van der Waals surface area contributed by atoms with Crippen molar-refractivity contribution in [2.75, 3.05) is 4.90 Å². The summed E-state index contributed by atoms with van der Waals surface area (Å²) in [4.78, 5) is 57.3. The first-order chi connectivity index (χ1) is 21.0. The lowest BCUT2D eigenvalue weighted by molar-refractivity contribution is -0.140. The number of nitrogens with zero attached hydrogens (tertiary/aromatic N) is 4. The molecule has 8 nitrogen and oxygen atoms in total. The highest BCUT2D eigenvalue weighted by molar-refractivity contribution is 6.25. The highest BCUT2D eigenvalue weighted by Gasteiger charge is 2.68. The van der Waals surface area contributed by atoms with Crippen LogP contribution in [0.25, 0.3) is 0 Å². The zero-order chi connectivity index (χ0) is 29.2. The monoisotopic (exact) mass is 564 g/mol. The Bertz CT molecular complexity index is 1860. The minimum Gasteiger partial charge on any atom is -0.274 e. The predicted octanol–water partition coefficient (Wildman–Crippen LogP) is 3.90. The second-order valence-electron chi connectivity index (χ2n) is 12.4. The molecule has 7 aliphatic rings. The van der Waals surface area contributed by atoms with Crippen LogP contribution in [0.2, 0.25) is 0 Å². The van der Waals surface area contributed by atoms with E-state index in [1.807, 2.05) is 60.7 Å². The summed E-state index contributed by atoms with van der Waals surface area (Å²) in [5.41, 5.74) is 2.78. The highest BCUT2D eigenvalue weighted by atomic mass is 16.2. The summed E-state index contributed by atoms with van der Waals surface area (Å²) < 4.78 is 0. The number of para-hydroxylation sites is 1. The Morgan fingerprint density at radius 1 is 0.744 bits per heavy atom. The first-order valence-electron chi connectivity index (χ1n) is 14.6. The molecule has 3 fully saturated rings. The molecule has 2 saturated heterocycles. The first kappa shape index (κ1) is 24.4. The average Bonchev–Trinajstić information content (AvgIpc) is 3.78. The van der Waals surface area contributed by atoms with Gasteiger partial charge in [0, 0.05) is 12.1 Å². The van der Waals surface area contributed by atoms with Gasteiger partial charge in [-0.15, -0.1) is 0 Å². The van der Waals surface area contributed by atoms with Gasteiger partial charge < -0.3 is 0 Å². The number of hydrogen-bond acceptors (Lipinski definition) is 6. The Kier molecular flexibility index (Phi) is 4.68. The Morgan fingerprint density at radius 2 is 1.33 bits per heavy atom. The van der Waals surface area contributed by atoms with Gasteiger partial charge in [0.2, 0.25) is 11.8 Å². The van der Waals surface area contributed by atoms with Crippen molar-refractivity contribution in [2.24, 2.45) is 40.6 Å². The molecule has 0 N–H and O–H groups in total. The zero-order valence-corrected chi connectivity index (χ0v) is 22.8. The van der Waals surface area contributed by atoms with Gasteiger partial charge >= 0.3 is 0 Å². The number of rotatable bonds is 3. The molecule has 1 saturated carbocycles. The van der Waals surface area contributed by atoms with Crippen molar-refractivity contribution in [1.29, 1.82) is 5.26 Å². The molecule has 0 spiro atoms. The van der Waals surface area contributed by atoms with Crippen LogP contribution < -0.4 is 4.90 Å². The van der Waals surface area contributed by atoms with Crippen molar-refractivity contribution in [3.8, 4) is 6.07 Å². The van der Waals surface area contributed by atoms with Crippen molar-refractivity contribution >= 4 is 35.5 Å². The molecule has 2 aliphatic heterocycles. The summed E-state index contributed by atoms with van der Waals surface area (Å²) in [6.07, 6.45) is 6.49. The third kappa shape index (κ3) is 2.78. The van der Waals surface area contributed by atoms with E-state index in [9.17, 15) is 24.4 Å². The molecular formula is C35H24N4O4. The number of nitriles is 1. The van der Waals surface area contributed by atoms with Crippen LogP contribution in [0.1, 0.15) is 40.2 Å². The summed E-state index contributed by atoms with van der Waals surface area (Å²) in [5.74, 6) is -4.12. The van der Waals surface area contributed by atoms with Crippen molar-refractivity contribution in [3.05, 3.63) is 113 Å². The standard InChI is InChI=1S/C35H24N4O4/c36-16-20-7-1-6-12-25(20)38-31(40)29-28-21-8-2-4-10-23(21)35(30(29)34(38)43,24-11-5-3-9-22(24)28)17-37-39-32(41)26-18-13-14-19(15-18)27(26)33(39)42/h1-14,17-19,26-30H,15H2/b37-17-/t18-,19-,26+,27+,28?,29+,30+,35?/m0/s1. The van der Waals surface area contributed by atoms with Crippen LogP contribution in [-0.4, -0.2) is 34.9 Å². The maximum atomic E-state index is 14.6.